The van der Waals surface area contributed by atoms with Gasteiger partial charge in [-0.25, -0.2) is 4.99 Å². The van der Waals surface area contributed by atoms with Crippen molar-refractivity contribution in [3.8, 4) is 17.6 Å². The van der Waals surface area contributed by atoms with Gasteiger partial charge in [0, 0.05) is 16.8 Å². The van der Waals surface area contributed by atoms with E-state index in [-0.39, 0.29) is 0 Å². The number of nitriles is 1. The minimum atomic E-state index is -1.75. The Kier molecular flexibility index (Phi) is 6.02. The van der Waals surface area contributed by atoms with E-state index in [1.807, 2.05) is 0 Å². The van der Waals surface area contributed by atoms with Gasteiger partial charge in [-0.2, -0.15) is 5.26 Å². The zero-order chi connectivity index (χ0) is 18.4. The highest BCUT2D eigenvalue weighted by molar-refractivity contribution is 6.70. The third-order valence-corrected chi connectivity index (χ3v) is 4.04. The Balaban J connectivity index is 2.22. The fourth-order valence-corrected chi connectivity index (χ4v) is 2.90. The number of ether oxygens (including phenoxy) is 1. The standard InChI is InChI=1S/C19H19ClN2O2Si/c1-14(24-25(2,3)4)22-13-16-11-17(20)7-10-19(16)23-18-8-5-15(12-21)6-9-18/h5-11,13H,1H2,2-4H3. The summed E-state index contributed by atoms with van der Waals surface area (Å²) < 4.78 is 11.6. The van der Waals surface area contributed by atoms with Gasteiger partial charge < -0.3 is 9.16 Å². The van der Waals surface area contributed by atoms with Crippen LogP contribution in [-0.4, -0.2) is 14.5 Å². The highest BCUT2D eigenvalue weighted by Crippen LogP contribution is 2.27. The Morgan fingerprint density at radius 1 is 1.20 bits per heavy atom. The maximum Gasteiger partial charge on any atom is 0.244 e. The summed E-state index contributed by atoms with van der Waals surface area (Å²) in [5, 5.41) is 9.43. The van der Waals surface area contributed by atoms with E-state index >= 15 is 0 Å². The summed E-state index contributed by atoms with van der Waals surface area (Å²) >= 11 is 6.08. The molecule has 2 aromatic carbocycles. The van der Waals surface area contributed by atoms with Gasteiger partial charge in [-0.15, -0.1) is 0 Å². The van der Waals surface area contributed by atoms with Crippen molar-refractivity contribution in [2.75, 3.05) is 0 Å². The minimum absolute atomic E-state index is 0.364. The number of hydrogen-bond donors (Lipinski definition) is 0. The molecule has 0 radical (unpaired) electrons. The maximum absolute atomic E-state index is 8.86. The molecule has 2 rings (SSSR count). The minimum Gasteiger partial charge on any atom is -0.532 e. The topological polar surface area (TPSA) is 54.6 Å². The Labute approximate surface area is 154 Å². The van der Waals surface area contributed by atoms with E-state index in [1.165, 1.54) is 0 Å². The van der Waals surface area contributed by atoms with Crippen LogP contribution in [0.4, 0.5) is 0 Å². The van der Waals surface area contributed by atoms with Crippen LogP contribution in [0.3, 0.4) is 0 Å². The lowest BCUT2D eigenvalue weighted by atomic mass is 10.2. The number of hydrogen-bond acceptors (Lipinski definition) is 4. The second-order valence-corrected chi connectivity index (χ2v) is 11.2. The number of benzene rings is 2. The van der Waals surface area contributed by atoms with Crippen LogP contribution < -0.4 is 4.74 Å². The summed E-state index contributed by atoms with van der Waals surface area (Å²) in [7, 11) is -1.75. The van der Waals surface area contributed by atoms with E-state index < -0.39 is 8.32 Å². The van der Waals surface area contributed by atoms with Gasteiger partial charge in [-0.05, 0) is 68.7 Å². The second kappa shape index (κ2) is 8.02. The molecule has 6 heteroatoms. The molecule has 4 nitrogen and oxygen atoms in total. The molecule has 0 aliphatic carbocycles. The van der Waals surface area contributed by atoms with Gasteiger partial charge >= 0.3 is 0 Å². The normalized spacial score (nSPS) is 11.2. The van der Waals surface area contributed by atoms with Crippen molar-refractivity contribution in [1.29, 1.82) is 5.26 Å². The quantitative estimate of drug-likeness (QED) is 0.369. The summed E-state index contributed by atoms with van der Waals surface area (Å²) in [5.74, 6) is 1.58. The fourth-order valence-electron chi connectivity index (χ4n) is 1.96. The highest BCUT2D eigenvalue weighted by Gasteiger charge is 2.16. The lowest BCUT2D eigenvalue weighted by Gasteiger charge is -2.18. The highest BCUT2D eigenvalue weighted by atomic mass is 35.5. The molecule has 0 aliphatic rings. The third kappa shape index (κ3) is 6.11. The molecule has 0 aromatic heterocycles. The van der Waals surface area contributed by atoms with Crippen molar-refractivity contribution >= 4 is 26.1 Å². The SMILES string of the molecule is C=C(N=Cc1cc(Cl)ccc1Oc1ccc(C#N)cc1)O[Si](C)(C)C. The zero-order valence-corrected chi connectivity index (χ0v) is 16.2. The van der Waals surface area contributed by atoms with E-state index in [0.717, 1.165) is 0 Å². The van der Waals surface area contributed by atoms with Crippen LogP contribution >= 0.6 is 11.6 Å². The number of rotatable bonds is 6. The molecule has 0 bridgehead atoms. The van der Waals surface area contributed by atoms with Crippen LogP contribution in [0.25, 0.3) is 0 Å². The predicted molar refractivity (Wildman–Crippen MR) is 104 cm³/mol. The van der Waals surface area contributed by atoms with E-state index in [4.69, 9.17) is 26.0 Å². The molecule has 0 aliphatic heterocycles. The number of nitrogens with zero attached hydrogens (tertiary/aromatic N) is 2. The van der Waals surface area contributed by atoms with Crippen molar-refractivity contribution < 1.29 is 9.16 Å². The third-order valence-electron chi connectivity index (χ3n) is 2.95. The van der Waals surface area contributed by atoms with Crippen molar-refractivity contribution in [1.82, 2.24) is 0 Å². The molecule has 0 saturated carbocycles. The molecule has 2 aromatic rings. The van der Waals surface area contributed by atoms with E-state index in [9.17, 15) is 0 Å². The first-order chi connectivity index (χ1) is 11.8. The molecular formula is C19H19ClN2O2Si. The molecular weight excluding hydrogens is 352 g/mol. The van der Waals surface area contributed by atoms with Crippen molar-refractivity contribution in [2.45, 2.75) is 19.6 Å². The molecule has 0 atom stereocenters. The Hall–Kier alpha value is -2.55. The Morgan fingerprint density at radius 2 is 1.88 bits per heavy atom. The van der Waals surface area contributed by atoms with Crippen LogP contribution in [0.2, 0.25) is 24.7 Å². The average molecular weight is 371 g/mol. The summed E-state index contributed by atoms with van der Waals surface area (Å²) in [4.78, 5) is 4.26. The first kappa shape index (κ1) is 18.8. The molecule has 0 heterocycles. The Morgan fingerprint density at radius 3 is 2.48 bits per heavy atom. The molecule has 0 N–H and O–H groups in total. The Bertz CT molecular complexity index is 834. The summed E-state index contributed by atoms with van der Waals surface area (Å²) in [6.45, 7) is 10.0. The largest absolute Gasteiger partial charge is 0.532 e. The van der Waals surface area contributed by atoms with Crippen LogP contribution in [-0.2, 0) is 4.43 Å². The van der Waals surface area contributed by atoms with E-state index in [2.05, 4.69) is 37.3 Å². The molecule has 0 fully saturated rings. The van der Waals surface area contributed by atoms with Gasteiger partial charge in [0.05, 0.1) is 11.6 Å². The fraction of sp³-hybridized carbons (Fsp3) is 0.158. The monoisotopic (exact) mass is 370 g/mol. The second-order valence-electron chi connectivity index (χ2n) is 6.29. The lowest BCUT2D eigenvalue weighted by Crippen LogP contribution is -2.24. The zero-order valence-electron chi connectivity index (χ0n) is 14.4. The predicted octanol–water partition coefficient (Wildman–Crippen LogP) is 5.75. The van der Waals surface area contributed by atoms with Crippen LogP contribution in [0, 0.1) is 11.3 Å². The van der Waals surface area contributed by atoms with Gasteiger partial charge in [-0.1, -0.05) is 11.6 Å². The summed E-state index contributed by atoms with van der Waals surface area (Å²) in [5.41, 5.74) is 1.28. The summed E-state index contributed by atoms with van der Waals surface area (Å²) in [6.07, 6.45) is 1.62. The molecule has 0 saturated heterocycles. The molecule has 0 amide bonds. The van der Waals surface area contributed by atoms with Crippen molar-refractivity contribution in [3.63, 3.8) is 0 Å². The molecule has 0 spiro atoms. The van der Waals surface area contributed by atoms with E-state index in [0.29, 0.717) is 33.5 Å². The number of aliphatic imine (C=N–C) groups is 1. The van der Waals surface area contributed by atoms with E-state index in [1.54, 1.807) is 48.7 Å². The van der Waals surface area contributed by atoms with Gasteiger partial charge in [0.2, 0.25) is 8.32 Å². The first-order valence-corrected chi connectivity index (χ1v) is 11.4. The summed E-state index contributed by atoms with van der Waals surface area (Å²) in [6, 6.07) is 14.2. The van der Waals surface area contributed by atoms with Gasteiger partial charge in [0.1, 0.15) is 11.5 Å². The van der Waals surface area contributed by atoms with Crippen molar-refractivity contribution in [2.24, 2.45) is 4.99 Å². The van der Waals surface area contributed by atoms with Crippen molar-refractivity contribution in [3.05, 3.63) is 71.1 Å². The van der Waals surface area contributed by atoms with Crippen LogP contribution in [0.1, 0.15) is 11.1 Å². The van der Waals surface area contributed by atoms with Gasteiger partial charge in [0.15, 0.2) is 5.88 Å². The lowest BCUT2D eigenvalue weighted by molar-refractivity contribution is 0.421. The number of halogens is 1. The van der Waals surface area contributed by atoms with Crippen LogP contribution in [0.5, 0.6) is 11.5 Å². The van der Waals surface area contributed by atoms with Gasteiger partial charge in [-0.3, -0.25) is 0 Å². The molecule has 0 unspecified atom stereocenters. The maximum atomic E-state index is 8.86. The molecule has 128 valence electrons. The average Bonchev–Trinajstić information content (AvgIpc) is 2.54. The van der Waals surface area contributed by atoms with Crippen LogP contribution in [0.15, 0.2) is 59.9 Å². The first-order valence-electron chi connectivity index (χ1n) is 7.66. The molecule has 25 heavy (non-hydrogen) atoms. The smallest absolute Gasteiger partial charge is 0.244 e. The van der Waals surface area contributed by atoms with Gasteiger partial charge in [0.25, 0.3) is 0 Å².